The van der Waals surface area contributed by atoms with Crippen LogP contribution in [-0.4, -0.2) is 12.6 Å². The Morgan fingerprint density at radius 3 is 1.63 bits per heavy atom. The van der Waals surface area contributed by atoms with Crippen molar-refractivity contribution in [2.75, 3.05) is 0 Å². The van der Waals surface area contributed by atoms with E-state index in [1.165, 1.54) is 115 Å². The number of hydrogen-bond donors (Lipinski definition) is 0. The van der Waals surface area contributed by atoms with Gasteiger partial charge in [0.15, 0.2) is 8.07 Å². The molecule has 0 unspecified atom stereocenters. The van der Waals surface area contributed by atoms with Gasteiger partial charge in [0.05, 0.1) is 11.0 Å². The fourth-order valence-electron chi connectivity index (χ4n) is 11.5. The van der Waals surface area contributed by atoms with Crippen molar-refractivity contribution >= 4 is 61.4 Å². The molecule has 296 valence electrons. The van der Waals surface area contributed by atoms with Crippen molar-refractivity contribution in [1.29, 1.82) is 0 Å². The Morgan fingerprint density at radius 2 is 0.921 bits per heavy atom. The average Bonchev–Trinajstić information content (AvgIpc) is 3.91. The molecule has 0 N–H and O–H groups in total. The van der Waals surface area contributed by atoms with Gasteiger partial charge in [0.1, 0.15) is 0 Å². The van der Waals surface area contributed by atoms with Crippen LogP contribution < -0.4 is 20.7 Å². The van der Waals surface area contributed by atoms with E-state index in [0.717, 1.165) is 0 Å². The van der Waals surface area contributed by atoms with E-state index in [-0.39, 0.29) is 5.41 Å². The van der Waals surface area contributed by atoms with E-state index >= 15 is 0 Å². The van der Waals surface area contributed by atoms with Crippen LogP contribution in [0.4, 0.5) is 0 Å². The third-order valence-electron chi connectivity index (χ3n) is 14.4. The molecule has 0 radical (unpaired) electrons. The first kappa shape index (κ1) is 36.2. The van der Waals surface area contributed by atoms with Crippen molar-refractivity contribution < 1.29 is 0 Å². The quantitative estimate of drug-likeness (QED) is 0.153. The van der Waals surface area contributed by atoms with E-state index in [4.69, 9.17) is 0 Å². The minimum absolute atomic E-state index is 0.114. The van der Waals surface area contributed by atoms with E-state index in [9.17, 15) is 0 Å². The maximum atomic E-state index is 2.53. The Kier molecular flexibility index (Phi) is 7.74. The highest BCUT2D eigenvalue weighted by atomic mass is 28.3. The summed E-state index contributed by atoms with van der Waals surface area (Å²) in [5, 5.41) is 10.9. The second kappa shape index (κ2) is 13.5. The molecule has 0 saturated heterocycles. The van der Waals surface area contributed by atoms with Crippen molar-refractivity contribution in [2.45, 2.75) is 19.3 Å². The first-order valence-electron chi connectivity index (χ1n) is 22.2. The summed E-state index contributed by atoms with van der Waals surface area (Å²) in [4.78, 5) is 0. The second-order valence-corrected chi connectivity index (χ2v) is 21.8. The van der Waals surface area contributed by atoms with Gasteiger partial charge < -0.3 is 4.57 Å². The van der Waals surface area contributed by atoms with Crippen molar-refractivity contribution in [3.63, 3.8) is 0 Å². The number of fused-ring (bicyclic) bond motifs is 10. The van der Waals surface area contributed by atoms with Gasteiger partial charge in [-0.05, 0) is 136 Å². The molecule has 1 aliphatic heterocycles. The highest BCUT2D eigenvalue weighted by molar-refractivity contribution is 7.22. The fourth-order valence-corrected chi connectivity index (χ4v) is 16.7. The number of aromatic nitrogens is 1. The average molecular weight is 818 g/mol. The second-order valence-electron chi connectivity index (χ2n) is 18.1. The van der Waals surface area contributed by atoms with E-state index in [1.807, 2.05) is 0 Å². The molecule has 63 heavy (non-hydrogen) atoms. The van der Waals surface area contributed by atoms with E-state index in [2.05, 4.69) is 243 Å². The highest BCUT2D eigenvalue weighted by Gasteiger charge is 2.48. The minimum atomic E-state index is -2.57. The van der Waals surface area contributed by atoms with Crippen LogP contribution in [0.5, 0.6) is 0 Å². The summed E-state index contributed by atoms with van der Waals surface area (Å²) in [6.07, 6.45) is 0. The molecule has 13 rings (SSSR count). The molecule has 0 spiro atoms. The normalized spacial score (nSPS) is 14.1. The third kappa shape index (κ3) is 5.16. The van der Waals surface area contributed by atoms with Crippen LogP contribution in [-0.2, 0) is 5.41 Å². The Balaban J connectivity index is 0.934. The number of hydrogen-bond acceptors (Lipinski definition) is 0. The highest BCUT2D eigenvalue weighted by Crippen LogP contribution is 2.51. The standard InChI is InChI=1S/C61H43NSi/c1-61(2)55-37-42(40-16-6-3-7-17-40)27-31-49(55)50-32-28-43(38-56(50)61)41-29-33-58-53(35-41)51-22-12-14-24-57(51)62(58)46-30-26-44-39-60-54(36-45(44)34-46)52-23-13-15-25-59(52)63(60,47-18-8-4-9-19-47)48-20-10-5-11-21-48/h3-39H,1-2H3. The lowest BCUT2D eigenvalue weighted by molar-refractivity contribution is 0.661. The van der Waals surface area contributed by atoms with Crippen LogP contribution in [0.2, 0.25) is 0 Å². The molecule has 2 heterocycles. The van der Waals surface area contributed by atoms with Gasteiger partial charge in [0.2, 0.25) is 0 Å². The molecular weight excluding hydrogens is 775 g/mol. The predicted molar refractivity (Wildman–Crippen MR) is 269 cm³/mol. The molecule has 0 atom stereocenters. The van der Waals surface area contributed by atoms with Crippen LogP contribution >= 0.6 is 0 Å². The number of rotatable bonds is 5. The zero-order chi connectivity index (χ0) is 41.9. The summed E-state index contributed by atoms with van der Waals surface area (Å²) in [6, 6.07) is 84.7. The predicted octanol–water partition coefficient (Wildman–Crippen LogP) is 12.9. The van der Waals surface area contributed by atoms with E-state index in [1.54, 1.807) is 0 Å². The van der Waals surface area contributed by atoms with Gasteiger partial charge in [-0.25, -0.2) is 0 Å². The molecule has 1 nitrogen and oxygen atoms in total. The lowest BCUT2D eigenvalue weighted by atomic mass is 9.81. The lowest BCUT2D eigenvalue weighted by Crippen LogP contribution is -2.72. The van der Waals surface area contributed by atoms with Crippen LogP contribution in [0.25, 0.3) is 82.8 Å². The third-order valence-corrected chi connectivity index (χ3v) is 19.3. The SMILES string of the molecule is CC1(C)c2cc(-c3ccccc3)ccc2-c2ccc(-c3ccc4c(c3)c3ccccc3n4-c3ccc4cc5c(cc4c3)-c3ccccc3[Si]5(c3ccccc3)c3ccccc3)cc21. The number of benzene rings is 10. The fraction of sp³-hybridized carbons (Fsp3) is 0.0492. The molecule has 0 saturated carbocycles. The maximum Gasteiger partial charge on any atom is 0.180 e. The van der Waals surface area contributed by atoms with Gasteiger partial charge in [-0.3, -0.25) is 0 Å². The molecule has 10 aromatic carbocycles. The summed E-state index contributed by atoms with van der Waals surface area (Å²) >= 11 is 0. The Hall–Kier alpha value is -7.52. The zero-order valence-electron chi connectivity index (χ0n) is 35.3. The number of nitrogens with zero attached hydrogens (tertiary/aromatic N) is 1. The largest absolute Gasteiger partial charge is 0.309 e. The van der Waals surface area contributed by atoms with Crippen molar-refractivity contribution in [2.24, 2.45) is 0 Å². The summed E-state index contributed by atoms with van der Waals surface area (Å²) in [5.41, 5.74) is 16.7. The van der Waals surface area contributed by atoms with Gasteiger partial charge in [-0.2, -0.15) is 0 Å². The van der Waals surface area contributed by atoms with Crippen LogP contribution in [0.3, 0.4) is 0 Å². The molecule has 11 aromatic rings. The lowest BCUT2D eigenvalue weighted by Gasteiger charge is -2.31. The van der Waals surface area contributed by atoms with Crippen LogP contribution in [0, 0.1) is 0 Å². The van der Waals surface area contributed by atoms with Gasteiger partial charge in [-0.1, -0.05) is 190 Å². The summed E-state index contributed by atoms with van der Waals surface area (Å²) in [6.45, 7) is 4.77. The minimum Gasteiger partial charge on any atom is -0.309 e. The van der Waals surface area contributed by atoms with Gasteiger partial charge >= 0.3 is 0 Å². The summed E-state index contributed by atoms with van der Waals surface area (Å²) in [5.74, 6) is 0. The molecule has 2 aliphatic rings. The summed E-state index contributed by atoms with van der Waals surface area (Å²) < 4.78 is 2.47. The van der Waals surface area contributed by atoms with E-state index in [0.29, 0.717) is 0 Å². The summed E-state index contributed by atoms with van der Waals surface area (Å²) in [7, 11) is -2.57. The van der Waals surface area contributed by atoms with Crippen molar-refractivity contribution in [3.8, 4) is 50.2 Å². The molecule has 0 fully saturated rings. The monoisotopic (exact) mass is 817 g/mol. The Bertz CT molecular complexity index is 3600. The number of para-hydroxylation sites is 1. The Morgan fingerprint density at radius 1 is 0.349 bits per heavy atom. The van der Waals surface area contributed by atoms with Crippen molar-refractivity contribution in [3.05, 3.63) is 236 Å². The first-order valence-corrected chi connectivity index (χ1v) is 24.2. The Labute approximate surface area is 369 Å². The molecular formula is C61H43NSi. The molecule has 0 bridgehead atoms. The molecule has 1 aliphatic carbocycles. The van der Waals surface area contributed by atoms with Crippen molar-refractivity contribution in [1.82, 2.24) is 4.57 Å². The maximum absolute atomic E-state index is 2.57. The first-order chi connectivity index (χ1) is 31.0. The smallest absolute Gasteiger partial charge is 0.180 e. The molecule has 2 heteroatoms. The molecule has 0 amide bonds. The zero-order valence-corrected chi connectivity index (χ0v) is 36.3. The van der Waals surface area contributed by atoms with Gasteiger partial charge in [0.25, 0.3) is 0 Å². The topological polar surface area (TPSA) is 4.93 Å². The molecule has 1 aromatic heterocycles. The van der Waals surface area contributed by atoms with E-state index < -0.39 is 8.07 Å². The van der Waals surface area contributed by atoms with Crippen LogP contribution in [0.15, 0.2) is 224 Å². The van der Waals surface area contributed by atoms with Gasteiger partial charge in [-0.15, -0.1) is 0 Å². The van der Waals surface area contributed by atoms with Gasteiger partial charge in [0, 0.05) is 21.9 Å². The van der Waals surface area contributed by atoms with Crippen LogP contribution in [0.1, 0.15) is 25.0 Å².